The molecule has 1 saturated heterocycles. The minimum atomic E-state index is -1.11. The molecule has 0 radical (unpaired) electrons. The zero-order valence-corrected chi connectivity index (χ0v) is 10.2. The van der Waals surface area contributed by atoms with Crippen molar-refractivity contribution >= 4 is 23.2 Å². The normalized spacial score (nSPS) is 26.9. The molecule has 17 heavy (non-hydrogen) atoms. The average molecular weight is 249 g/mol. The number of benzene rings is 1. The van der Waals surface area contributed by atoms with Crippen LogP contribution < -0.4 is 0 Å². The van der Waals surface area contributed by atoms with Crippen molar-refractivity contribution in [3.8, 4) is 0 Å². The van der Waals surface area contributed by atoms with E-state index in [4.69, 9.17) is 11.6 Å². The van der Waals surface area contributed by atoms with Gasteiger partial charge >= 0.3 is 0 Å². The molecule has 0 N–H and O–H groups in total. The first-order valence-corrected chi connectivity index (χ1v) is 6.24. The molecule has 2 aliphatic rings. The monoisotopic (exact) mass is 248 g/mol. The van der Waals surface area contributed by atoms with Crippen molar-refractivity contribution in [2.75, 3.05) is 13.1 Å². The molecule has 1 amide bonds. The van der Waals surface area contributed by atoms with Crippen molar-refractivity contribution in [1.29, 1.82) is 0 Å². The lowest BCUT2D eigenvalue weighted by atomic mass is 10.1. The van der Waals surface area contributed by atoms with E-state index >= 15 is 0 Å². The maximum absolute atomic E-state index is 12.2. The zero-order chi connectivity index (χ0) is 11.9. The second kappa shape index (κ2) is 3.84. The third-order valence-electron chi connectivity index (χ3n) is 3.25. The van der Waals surface area contributed by atoms with Gasteiger partial charge in [-0.15, -0.1) is 0 Å². The highest BCUT2D eigenvalue weighted by Crippen LogP contribution is 2.39. The quantitative estimate of drug-likeness (QED) is 0.582. The van der Waals surface area contributed by atoms with Crippen LogP contribution >= 0.6 is 11.6 Å². The summed E-state index contributed by atoms with van der Waals surface area (Å²) >= 11 is 6.28. The Bertz CT molecular complexity index is 479. The first-order chi connectivity index (χ1) is 8.22. The first-order valence-electron chi connectivity index (χ1n) is 5.86. The van der Waals surface area contributed by atoms with Crippen LogP contribution in [0.4, 0.5) is 0 Å². The lowest BCUT2D eigenvalue weighted by molar-refractivity contribution is -0.130. The number of rotatable bonds is 2. The van der Waals surface area contributed by atoms with E-state index < -0.39 is 5.00 Å². The molecule has 0 bridgehead atoms. The Morgan fingerprint density at radius 3 is 2.53 bits per heavy atom. The summed E-state index contributed by atoms with van der Waals surface area (Å²) in [5.41, 5.74) is 1.65. The van der Waals surface area contributed by atoms with Crippen LogP contribution in [0, 0.1) is 0 Å². The molecule has 1 fully saturated rings. The molecule has 3 rings (SSSR count). The summed E-state index contributed by atoms with van der Waals surface area (Å²) in [6.45, 7) is 1.62. The Hall–Kier alpha value is -1.35. The Kier molecular flexibility index (Phi) is 2.44. The van der Waals surface area contributed by atoms with Crippen LogP contribution in [0.25, 0.3) is 0 Å². The van der Waals surface area contributed by atoms with E-state index in [1.54, 1.807) is 0 Å². The van der Waals surface area contributed by atoms with Gasteiger partial charge in [0.15, 0.2) is 0 Å². The van der Waals surface area contributed by atoms with Gasteiger partial charge in [-0.1, -0.05) is 41.9 Å². The van der Waals surface area contributed by atoms with Gasteiger partial charge in [-0.3, -0.25) is 4.79 Å². The van der Waals surface area contributed by atoms with Gasteiger partial charge in [0.05, 0.1) is 5.71 Å². The van der Waals surface area contributed by atoms with Crippen LogP contribution in [0.1, 0.15) is 18.4 Å². The predicted molar refractivity (Wildman–Crippen MR) is 67.4 cm³/mol. The maximum Gasteiger partial charge on any atom is 0.272 e. The molecule has 2 aliphatic heterocycles. The van der Waals surface area contributed by atoms with E-state index in [-0.39, 0.29) is 5.91 Å². The van der Waals surface area contributed by atoms with Gasteiger partial charge in [0, 0.05) is 13.1 Å². The lowest BCUT2D eigenvalue weighted by Crippen LogP contribution is -2.39. The smallest absolute Gasteiger partial charge is 0.272 e. The fourth-order valence-electron chi connectivity index (χ4n) is 2.26. The number of alkyl halides is 1. The molecule has 0 aliphatic carbocycles. The Morgan fingerprint density at radius 1 is 1.24 bits per heavy atom. The fraction of sp³-hybridized carbons (Fsp3) is 0.385. The number of carbonyl (C=O) groups excluding carboxylic acids is 1. The van der Waals surface area contributed by atoms with Crippen LogP contribution in [0.3, 0.4) is 0 Å². The molecule has 0 saturated carbocycles. The van der Waals surface area contributed by atoms with Gasteiger partial charge in [0.25, 0.3) is 10.9 Å². The Morgan fingerprint density at radius 2 is 1.88 bits per heavy atom. The standard InChI is InChI=1S/C13H13ClN2O/c14-13(12(17)16-8-4-5-9-16)11(15-13)10-6-2-1-3-7-10/h1-3,6-7H,4-5,8-9H2. The number of halogens is 1. The maximum atomic E-state index is 12.2. The third-order valence-corrected chi connectivity index (χ3v) is 3.68. The molecular weight excluding hydrogens is 236 g/mol. The van der Waals surface area contributed by atoms with E-state index in [2.05, 4.69) is 4.99 Å². The van der Waals surface area contributed by atoms with Crippen LogP contribution in [-0.4, -0.2) is 34.6 Å². The highest BCUT2D eigenvalue weighted by molar-refractivity contribution is 6.55. The number of amides is 1. The highest BCUT2D eigenvalue weighted by atomic mass is 35.5. The molecule has 0 aromatic heterocycles. The second-order valence-electron chi connectivity index (χ2n) is 4.45. The summed E-state index contributed by atoms with van der Waals surface area (Å²) in [6.07, 6.45) is 2.14. The molecular formula is C13H13ClN2O. The number of nitrogens with zero attached hydrogens (tertiary/aromatic N) is 2. The van der Waals surface area contributed by atoms with Gasteiger partial charge in [0.1, 0.15) is 0 Å². The van der Waals surface area contributed by atoms with Gasteiger partial charge < -0.3 is 4.90 Å². The summed E-state index contributed by atoms with van der Waals surface area (Å²) in [7, 11) is 0. The van der Waals surface area contributed by atoms with Crippen molar-refractivity contribution < 1.29 is 4.79 Å². The SMILES string of the molecule is O=C(N1CCCC1)C1(Cl)N=C1c1ccccc1. The molecule has 1 atom stereocenters. The molecule has 4 heteroatoms. The van der Waals surface area contributed by atoms with Crippen molar-refractivity contribution in [3.05, 3.63) is 35.9 Å². The van der Waals surface area contributed by atoms with Crippen molar-refractivity contribution in [2.45, 2.75) is 17.8 Å². The third kappa shape index (κ3) is 1.75. The van der Waals surface area contributed by atoms with Gasteiger partial charge in [-0.25, -0.2) is 4.99 Å². The second-order valence-corrected chi connectivity index (χ2v) is 4.99. The van der Waals surface area contributed by atoms with E-state index in [0.717, 1.165) is 31.5 Å². The largest absolute Gasteiger partial charge is 0.339 e. The molecule has 1 aromatic rings. The number of likely N-dealkylation sites (tertiary alicyclic amines) is 1. The highest BCUT2D eigenvalue weighted by Gasteiger charge is 2.55. The summed E-state index contributed by atoms with van der Waals surface area (Å²) < 4.78 is 0. The Labute approximate surface area is 105 Å². The average Bonchev–Trinajstić information content (AvgIpc) is 2.81. The van der Waals surface area contributed by atoms with Crippen LogP contribution in [-0.2, 0) is 4.79 Å². The van der Waals surface area contributed by atoms with Gasteiger partial charge in [-0.05, 0) is 18.4 Å². The summed E-state index contributed by atoms with van der Waals surface area (Å²) in [5, 5.41) is 0. The van der Waals surface area contributed by atoms with E-state index in [0.29, 0.717) is 5.71 Å². The molecule has 1 unspecified atom stereocenters. The van der Waals surface area contributed by atoms with Crippen LogP contribution in [0.2, 0.25) is 0 Å². The molecule has 1 aromatic carbocycles. The minimum absolute atomic E-state index is 0.0597. The van der Waals surface area contributed by atoms with Crippen LogP contribution in [0.15, 0.2) is 35.3 Å². The fourth-order valence-corrected chi connectivity index (χ4v) is 2.57. The van der Waals surface area contributed by atoms with E-state index in [1.165, 1.54) is 0 Å². The van der Waals surface area contributed by atoms with E-state index in [9.17, 15) is 4.79 Å². The molecule has 0 spiro atoms. The van der Waals surface area contributed by atoms with Crippen molar-refractivity contribution in [2.24, 2.45) is 4.99 Å². The molecule has 88 valence electrons. The number of hydrogen-bond donors (Lipinski definition) is 0. The summed E-state index contributed by atoms with van der Waals surface area (Å²) in [5.74, 6) is -0.0597. The molecule has 2 heterocycles. The predicted octanol–water partition coefficient (Wildman–Crippen LogP) is 2.05. The first kappa shape index (κ1) is 10.8. The van der Waals surface area contributed by atoms with Gasteiger partial charge in [0.2, 0.25) is 0 Å². The van der Waals surface area contributed by atoms with Crippen molar-refractivity contribution in [3.63, 3.8) is 0 Å². The minimum Gasteiger partial charge on any atom is -0.339 e. The zero-order valence-electron chi connectivity index (χ0n) is 9.40. The number of aliphatic imine (C=N–C) groups is 1. The van der Waals surface area contributed by atoms with E-state index in [1.807, 2.05) is 35.2 Å². The number of carbonyl (C=O) groups is 1. The number of hydrogen-bond acceptors (Lipinski definition) is 2. The summed E-state index contributed by atoms with van der Waals surface area (Å²) in [6, 6.07) is 9.65. The van der Waals surface area contributed by atoms with Crippen LogP contribution in [0.5, 0.6) is 0 Å². The molecule has 3 nitrogen and oxygen atoms in total. The van der Waals surface area contributed by atoms with Gasteiger partial charge in [-0.2, -0.15) is 0 Å². The lowest BCUT2D eigenvalue weighted by Gasteiger charge is -2.17. The van der Waals surface area contributed by atoms with Crippen molar-refractivity contribution in [1.82, 2.24) is 4.90 Å². The Balaban J connectivity index is 1.76. The summed E-state index contributed by atoms with van der Waals surface area (Å²) in [4.78, 5) is 17.1. The topological polar surface area (TPSA) is 32.7 Å².